The van der Waals surface area contributed by atoms with E-state index in [0.29, 0.717) is 6.42 Å². The summed E-state index contributed by atoms with van der Waals surface area (Å²) in [6.07, 6.45) is 0.980. The first kappa shape index (κ1) is 20.0. The third kappa shape index (κ3) is 4.66. The van der Waals surface area contributed by atoms with Gasteiger partial charge in [0.25, 0.3) is 5.91 Å². The molecule has 0 aliphatic carbocycles. The van der Waals surface area contributed by atoms with Crippen LogP contribution in [0.1, 0.15) is 60.5 Å². The lowest BCUT2D eigenvalue weighted by atomic mass is 9.97. The standard InChI is InChI=1S/C23H31NO2/c1-7-20(19-13-12-15(3)14-17(19)5)24-23(25)21(8-2)26-22-11-9-10-16(4)18(22)6/h9-14,20-21H,7-8H2,1-6H3,(H,24,25)/t20-,21-/m1/s1. The van der Waals surface area contributed by atoms with E-state index in [0.717, 1.165) is 17.7 Å². The molecule has 0 unspecified atom stereocenters. The number of rotatable bonds is 7. The van der Waals surface area contributed by atoms with Crippen molar-refractivity contribution in [1.29, 1.82) is 0 Å². The van der Waals surface area contributed by atoms with Crippen molar-refractivity contribution in [3.63, 3.8) is 0 Å². The van der Waals surface area contributed by atoms with Crippen molar-refractivity contribution in [3.05, 3.63) is 64.2 Å². The zero-order valence-corrected chi connectivity index (χ0v) is 16.8. The molecule has 2 aromatic carbocycles. The number of amides is 1. The van der Waals surface area contributed by atoms with Crippen molar-refractivity contribution >= 4 is 5.91 Å². The minimum absolute atomic E-state index is 0.000596. The van der Waals surface area contributed by atoms with Gasteiger partial charge in [-0.05, 0) is 68.9 Å². The number of ether oxygens (including phenoxy) is 1. The summed E-state index contributed by atoms with van der Waals surface area (Å²) < 4.78 is 6.06. The van der Waals surface area contributed by atoms with E-state index in [2.05, 4.69) is 57.3 Å². The lowest BCUT2D eigenvalue weighted by molar-refractivity contribution is -0.129. The minimum Gasteiger partial charge on any atom is -0.480 e. The van der Waals surface area contributed by atoms with Gasteiger partial charge in [0, 0.05) is 0 Å². The molecule has 0 aliphatic rings. The summed E-state index contributed by atoms with van der Waals surface area (Å²) in [5.41, 5.74) is 5.87. The molecule has 0 radical (unpaired) electrons. The predicted octanol–water partition coefficient (Wildman–Crippen LogP) is 5.35. The van der Waals surface area contributed by atoms with Gasteiger partial charge in [0.05, 0.1) is 6.04 Å². The Hall–Kier alpha value is -2.29. The summed E-state index contributed by atoms with van der Waals surface area (Å²) in [4.78, 5) is 12.9. The van der Waals surface area contributed by atoms with Crippen molar-refractivity contribution in [2.24, 2.45) is 0 Å². The molecule has 0 spiro atoms. The van der Waals surface area contributed by atoms with E-state index in [9.17, 15) is 4.79 Å². The second-order valence-electron chi connectivity index (χ2n) is 7.04. The molecule has 2 atom stereocenters. The van der Waals surface area contributed by atoms with Gasteiger partial charge in [-0.1, -0.05) is 49.7 Å². The highest BCUT2D eigenvalue weighted by molar-refractivity contribution is 5.81. The Balaban J connectivity index is 2.15. The molecule has 2 rings (SSSR count). The molecule has 0 aliphatic heterocycles. The minimum atomic E-state index is -0.490. The smallest absolute Gasteiger partial charge is 0.261 e. The number of hydrogen-bond acceptors (Lipinski definition) is 2. The molecule has 0 heterocycles. The quantitative estimate of drug-likeness (QED) is 0.729. The van der Waals surface area contributed by atoms with E-state index in [4.69, 9.17) is 4.74 Å². The Morgan fingerprint density at radius 3 is 2.35 bits per heavy atom. The Labute approximate surface area is 157 Å². The van der Waals surface area contributed by atoms with Crippen LogP contribution in [0.15, 0.2) is 36.4 Å². The van der Waals surface area contributed by atoms with E-state index in [-0.39, 0.29) is 11.9 Å². The third-order valence-corrected chi connectivity index (χ3v) is 5.01. The fourth-order valence-electron chi connectivity index (χ4n) is 3.21. The van der Waals surface area contributed by atoms with Gasteiger partial charge in [0.15, 0.2) is 6.10 Å². The number of carbonyl (C=O) groups is 1. The molecule has 3 nitrogen and oxygen atoms in total. The molecule has 0 fully saturated rings. The largest absolute Gasteiger partial charge is 0.480 e. The zero-order valence-electron chi connectivity index (χ0n) is 16.8. The van der Waals surface area contributed by atoms with Gasteiger partial charge >= 0.3 is 0 Å². The van der Waals surface area contributed by atoms with E-state index >= 15 is 0 Å². The summed E-state index contributed by atoms with van der Waals surface area (Å²) >= 11 is 0. The van der Waals surface area contributed by atoms with Gasteiger partial charge in [-0.25, -0.2) is 0 Å². The normalized spacial score (nSPS) is 13.2. The third-order valence-electron chi connectivity index (χ3n) is 5.01. The van der Waals surface area contributed by atoms with Crippen LogP contribution < -0.4 is 10.1 Å². The fraction of sp³-hybridized carbons (Fsp3) is 0.435. The summed E-state index contributed by atoms with van der Waals surface area (Å²) in [5, 5.41) is 3.18. The molecule has 1 amide bonds. The number of aryl methyl sites for hydroxylation is 3. The van der Waals surface area contributed by atoms with Crippen LogP contribution in [0.2, 0.25) is 0 Å². The molecular formula is C23H31NO2. The second kappa shape index (κ2) is 8.88. The Kier molecular flexibility index (Phi) is 6.84. The monoisotopic (exact) mass is 353 g/mol. The Bertz CT molecular complexity index is 767. The number of nitrogens with one attached hydrogen (secondary N) is 1. The summed E-state index contributed by atoms with van der Waals surface area (Å²) in [6, 6.07) is 12.3. The van der Waals surface area contributed by atoms with E-state index in [1.807, 2.05) is 26.0 Å². The van der Waals surface area contributed by atoms with Crippen molar-refractivity contribution in [2.45, 2.75) is 66.5 Å². The number of carbonyl (C=O) groups excluding carboxylic acids is 1. The van der Waals surface area contributed by atoms with Crippen LogP contribution in [0.25, 0.3) is 0 Å². The molecule has 0 bridgehead atoms. The highest BCUT2D eigenvalue weighted by atomic mass is 16.5. The maximum absolute atomic E-state index is 12.9. The first-order valence-electron chi connectivity index (χ1n) is 9.47. The van der Waals surface area contributed by atoms with Crippen molar-refractivity contribution in [3.8, 4) is 5.75 Å². The summed E-state index contributed by atoms with van der Waals surface area (Å²) in [7, 11) is 0. The molecule has 0 aromatic heterocycles. The maximum atomic E-state index is 12.9. The lowest BCUT2D eigenvalue weighted by Crippen LogP contribution is -2.40. The highest BCUT2D eigenvalue weighted by Crippen LogP contribution is 2.24. The SMILES string of the molecule is CC[C@@H](Oc1cccc(C)c1C)C(=O)N[C@H](CC)c1ccc(C)cc1C. The number of hydrogen-bond donors (Lipinski definition) is 1. The molecule has 0 saturated carbocycles. The first-order chi connectivity index (χ1) is 12.4. The number of benzene rings is 2. The zero-order chi connectivity index (χ0) is 19.3. The molecular weight excluding hydrogens is 322 g/mol. The molecule has 1 N–H and O–H groups in total. The molecule has 3 heteroatoms. The Morgan fingerprint density at radius 1 is 1.00 bits per heavy atom. The summed E-state index contributed by atoms with van der Waals surface area (Å²) in [5.74, 6) is 0.729. The van der Waals surface area contributed by atoms with E-state index in [1.54, 1.807) is 0 Å². The summed E-state index contributed by atoms with van der Waals surface area (Å²) in [6.45, 7) is 12.3. The maximum Gasteiger partial charge on any atom is 0.261 e. The van der Waals surface area contributed by atoms with Crippen LogP contribution in [0.4, 0.5) is 0 Å². The van der Waals surface area contributed by atoms with Crippen LogP contribution in [0, 0.1) is 27.7 Å². The average molecular weight is 354 g/mol. The van der Waals surface area contributed by atoms with Crippen LogP contribution in [-0.2, 0) is 4.79 Å². The van der Waals surface area contributed by atoms with Gasteiger partial charge in [-0.2, -0.15) is 0 Å². The van der Waals surface area contributed by atoms with Gasteiger partial charge in [0.1, 0.15) is 5.75 Å². The Morgan fingerprint density at radius 2 is 1.73 bits per heavy atom. The molecule has 0 saturated heterocycles. The second-order valence-corrected chi connectivity index (χ2v) is 7.04. The van der Waals surface area contributed by atoms with Gasteiger partial charge in [0.2, 0.25) is 0 Å². The van der Waals surface area contributed by atoms with E-state index < -0.39 is 6.10 Å². The van der Waals surface area contributed by atoms with Crippen LogP contribution >= 0.6 is 0 Å². The first-order valence-corrected chi connectivity index (χ1v) is 9.47. The molecule has 140 valence electrons. The highest BCUT2D eigenvalue weighted by Gasteiger charge is 2.23. The van der Waals surface area contributed by atoms with Gasteiger partial charge in [-0.3, -0.25) is 4.79 Å². The van der Waals surface area contributed by atoms with Crippen molar-refractivity contribution in [2.75, 3.05) is 0 Å². The van der Waals surface area contributed by atoms with Crippen molar-refractivity contribution < 1.29 is 9.53 Å². The van der Waals surface area contributed by atoms with Gasteiger partial charge < -0.3 is 10.1 Å². The fourth-order valence-corrected chi connectivity index (χ4v) is 3.21. The van der Waals surface area contributed by atoms with Crippen LogP contribution in [0.3, 0.4) is 0 Å². The molecule has 2 aromatic rings. The topological polar surface area (TPSA) is 38.3 Å². The predicted molar refractivity (Wildman–Crippen MR) is 108 cm³/mol. The van der Waals surface area contributed by atoms with E-state index in [1.165, 1.54) is 22.3 Å². The molecule has 26 heavy (non-hydrogen) atoms. The van der Waals surface area contributed by atoms with Crippen LogP contribution in [-0.4, -0.2) is 12.0 Å². The van der Waals surface area contributed by atoms with Crippen molar-refractivity contribution in [1.82, 2.24) is 5.32 Å². The van der Waals surface area contributed by atoms with Gasteiger partial charge in [-0.15, -0.1) is 0 Å². The average Bonchev–Trinajstić information content (AvgIpc) is 2.61. The van der Waals surface area contributed by atoms with Crippen LogP contribution in [0.5, 0.6) is 5.75 Å². The lowest BCUT2D eigenvalue weighted by Gasteiger charge is -2.24.